The Bertz CT molecular complexity index is 532. The molecule has 3 rings (SSSR count). The van der Waals surface area contributed by atoms with Gasteiger partial charge in [-0.1, -0.05) is 25.3 Å². The van der Waals surface area contributed by atoms with Crippen LogP contribution in [0.15, 0.2) is 17.5 Å². The molecule has 1 aliphatic carbocycles. The smallest absolute Gasteiger partial charge is 0.191 e. The van der Waals surface area contributed by atoms with Gasteiger partial charge in [-0.05, 0) is 24.3 Å². The molecule has 0 saturated heterocycles. The molecular weight excluding hydrogens is 256 g/mol. The molecule has 2 N–H and O–H groups in total. The van der Waals surface area contributed by atoms with Crippen molar-refractivity contribution in [3.05, 3.63) is 23.3 Å². The molecule has 5 heteroatoms. The molecule has 0 radical (unpaired) electrons. The maximum Gasteiger partial charge on any atom is 0.191 e. The van der Waals surface area contributed by atoms with E-state index in [1.54, 1.807) is 11.3 Å². The van der Waals surface area contributed by atoms with Crippen LogP contribution in [0.4, 0.5) is 0 Å². The van der Waals surface area contributed by atoms with E-state index in [9.17, 15) is 0 Å². The van der Waals surface area contributed by atoms with Gasteiger partial charge in [-0.25, -0.2) is 4.98 Å². The largest absolute Gasteiger partial charge is 0.327 e. The van der Waals surface area contributed by atoms with Crippen molar-refractivity contribution in [2.45, 2.75) is 44.1 Å². The van der Waals surface area contributed by atoms with E-state index >= 15 is 0 Å². The third-order valence-corrected chi connectivity index (χ3v) is 4.81. The molecule has 2 unspecified atom stereocenters. The van der Waals surface area contributed by atoms with E-state index in [0.717, 1.165) is 29.4 Å². The number of hydrogen-bond acceptors (Lipinski definition) is 4. The Morgan fingerprint density at radius 3 is 2.95 bits per heavy atom. The molecular formula is C14H20N4S. The molecule has 19 heavy (non-hydrogen) atoms. The Kier molecular flexibility index (Phi) is 3.66. The van der Waals surface area contributed by atoms with Gasteiger partial charge in [-0.15, -0.1) is 11.3 Å². The van der Waals surface area contributed by atoms with Crippen molar-refractivity contribution in [2.24, 2.45) is 12.8 Å². The van der Waals surface area contributed by atoms with Gasteiger partial charge in [-0.3, -0.25) is 4.68 Å². The zero-order valence-electron chi connectivity index (χ0n) is 11.2. The quantitative estimate of drug-likeness (QED) is 0.858. The lowest BCUT2D eigenvalue weighted by Gasteiger charge is -2.19. The van der Waals surface area contributed by atoms with E-state index in [4.69, 9.17) is 10.7 Å². The number of thiophene rings is 1. The van der Waals surface area contributed by atoms with Gasteiger partial charge >= 0.3 is 0 Å². The molecule has 102 valence electrons. The lowest BCUT2D eigenvalue weighted by Crippen LogP contribution is -2.29. The lowest BCUT2D eigenvalue weighted by molar-refractivity contribution is 0.465. The van der Waals surface area contributed by atoms with Crippen LogP contribution in [-0.2, 0) is 7.05 Å². The highest BCUT2D eigenvalue weighted by Gasteiger charge is 2.26. The van der Waals surface area contributed by atoms with E-state index in [1.165, 1.54) is 19.3 Å². The molecule has 2 aromatic rings. The Morgan fingerprint density at radius 2 is 2.16 bits per heavy atom. The monoisotopic (exact) mass is 276 g/mol. The predicted molar refractivity (Wildman–Crippen MR) is 78.1 cm³/mol. The summed E-state index contributed by atoms with van der Waals surface area (Å²) in [7, 11) is 1.98. The summed E-state index contributed by atoms with van der Waals surface area (Å²) in [5.74, 6) is 2.25. The zero-order valence-corrected chi connectivity index (χ0v) is 12.1. The van der Waals surface area contributed by atoms with Crippen LogP contribution in [0.5, 0.6) is 0 Å². The van der Waals surface area contributed by atoms with Crippen LogP contribution >= 0.6 is 11.3 Å². The minimum Gasteiger partial charge on any atom is -0.327 e. The van der Waals surface area contributed by atoms with Gasteiger partial charge in [0.1, 0.15) is 5.82 Å². The fourth-order valence-corrected chi connectivity index (χ4v) is 3.54. The van der Waals surface area contributed by atoms with E-state index < -0.39 is 0 Å². The van der Waals surface area contributed by atoms with Gasteiger partial charge in [0.2, 0.25) is 0 Å². The summed E-state index contributed by atoms with van der Waals surface area (Å²) in [6.45, 7) is 0. The second kappa shape index (κ2) is 5.43. The summed E-state index contributed by atoms with van der Waals surface area (Å²) in [4.78, 5) is 5.88. The van der Waals surface area contributed by atoms with Gasteiger partial charge in [0.15, 0.2) is 5.82 Å². The van der Waals surface area contributed by atoms with Crippen molar-refractivity contribution < 1.29 is 0 Å². The van der Waals surface area contributed by atoms with E-state index in [0.29, 0.717) is 5.92 Å². The number of nitrogens with zero attached hydrogens (tertiary/aromatic N) is 3. The minimum atomic E-state index is 0.224. The summed E-state index contributed by atoms with van der Waals surface area (Å²) >= 11 is 1.68. The highest BCUT2D eigenvalue weighted by Crippen LogP contribution is 2.31. The topological polar surface area (TPSA) is 56.7 Å². The summed E-state index contributed by atoms with van der Waals surface area (Å²) in [6.07, 6.45) is 6.02. The van der Waals surface area contributed by atoms with E-state index in [1.807, 2.05) is 17.8 Å². The number of hydrogen-bond donors (Lipinski definition) is 1. The van der Waals surface area contributed by atoms with Gasteiger partial charge < -0.3 is 5.73 Å². The fourth-order valence-electron chi connectivity index (χ4n) is 2.89. The Morgan fingerprint density at radius 1 is 1.32 bits per heavy atom. The average molecular weight is 276 g/mol. The molecule has 0 bridgehead atoms. The lowest BCUT2D eigenvalue weighted by atomic mass is 9.95. The molecule has 0 amide bonds. The average Bonchev–Trinajstić information content (AvgIpc) is 2.99. The third kappa shape index (κ3) is 2.58. The van der Waals surface area contributed by atoms with Crippen molar-refractivity contribution in [3.63, 3.8) is 0 Å². The minimum absolute atomic E-state index is 0.224. The van der Waals surface area contributed by atoms with Crippen LogP contribution < -0.4 is 5.73 Å². The number of aryl methyl sites for hydroxylation is 1. The van der Waals surface area contributed by atoms with Gasteiger partial charge in [0, 0.05) is 19.0 Å². The van der Waals surface area contributed by atoms with Crippen molar-refractivity contribution in [1.82, 2.24) is 14.8 Å². The van der Waals surface area contributed by atoms with E-state index in [2.05, 4.69) is 16.5 Å². The number of nitrogens with two attached hydrogens (primary N) is 1. The highest BCUT2D eigenvalue weighted by atomic mass is 32.1. The Hall–Kier alpha value is -1.20. The maximum absolute atomic E-state index is 6.33. The van der Waals surface area contributed by atoms with Gasteiger partial charge in [0.05, 0.1) is 4.88 Å². The van der Waals surface area contributed by atoms with Crippen LogP contribution in [0.2, 0.25) is 0 Å². The molecule has 0 aromatic carbocycles. The zero-order chi connectivity index (χ0) is 13.2. The molecule has 0 spiro atoms. The molecule has 2 atom stereocenters. The van der Waals surface area contributed by atoms with Crippen molar-refractivity contribution >= 4 is 11.3 Å². The summed E-state index contributed by atoms with van der Waals surface area (Å²) in [6, 6.07) is 4.33. The van der Waals surface area contributed by atoms with Crippen LogP contribution in [0.25, 0.3) is 10.7 Å². The first-order valence-electron chi connectivity index (χ1n) is 6.96. The molecule has 2 heterocycles. The molecule has 2 aromatic heterocycles. The van der Waals surface area contributed by atoms with Crippen LogP contribution in [-0.4, -0.2) is 20.8 Å². The standard InChI is InChI=1S/C14H20N4S/c1-18-14(10-6-3-2-4-7-11(10)15)16-13(17-18)12-8-5-9-19-12/h5,8-11H,2-4,6-7,15H2,1H3. The normalized spacial score (nSPS) is 24.3. The van der Waals surface area contributed by atoms with E-state index in [-0.39, 0.29) is 6.04 Å². The van der Waals surface area contributed by atoms with Crippen molar-refractivity contribution in [2.75, 3.05) is 0 Å². The van der Waals surface area contributed by atoms with Crippen molar-refractivity contribution in [1.29, 1.82) is 0 Å². The number of aromatic nitrogens is 3. The first-order chi connectivity index (χ1) is 9.25. The molecule has 1 fully saturated rings. The first kappa shape index (κ1) is 12.8. The number of rotatable bonds is 2. The SMILES string of the molecule is Cn1nc(-c2cccs2)nc1C1CCCCCC1N. The van der Waals surface area contributed by atoms with Gasteiger partial charge in [-0.2, -0.15) is 5.10 Å². The summed E-state index contributed by atoms with van der Waals surface area (Å²) < 4.78 is 1.92. The van der Waals surface area contributed by atoms with Crippen LogP contribution in [0, 0.1) is 0 Å². The van der Waals surface area contributed by atoms with Gasteiger partial charge in [0.25, 0.3) is 0 Å². The fraction of sp³-hybridized carbons (Fsp3) is 0.571. The molecule has 1 saturated carbocycles. The Balaban J connectivity index is 1.91. The van der Waals surface area contributed by atoms with Crippen molar-refractivity contribution in [3.8, 4) is 10.7 Å². The Labute approximate surface area is 117 Å². The molecule has 1 aliphatic rings. The second-order valence-electron chi connectivity index (χ2n) is 5.30. The first-order valence-corrected chi connectivity index (χ1v) is 7.84. The molecule has 0 aliphatic heterocycles. The maximum atomic E-state index is 6.33. The summed E-state index contributed by atoms with van der Waals surface area (Å²) in [5, 5.41) is 6.61. The third-order valence-electron chi connectivity index (χ3n) is 3.94. The molecule has 4 nitrogen and oxygen atoms in total. The summed E-state index contributed by atoms with van der Waals surface area (Å²) in [5.41, 5.74) is 6.33. The van der Waals surface area contributed by atoms with Crippen LogP contribution in [0.1, 0.15) is 43.8 Å². The van der Waals surface area contributed by atoms with Crippen LogP contribution in [0.3, 0.4) is 0 Å². The second-order valence-corrected chi connectivity index (χ2v) is 6.25. The predicted octanol–water partition coefficient (Wildman–Crippen LogP) is 2.92. The highest BCUT2D eigenvalue weighted by molar-refractivity contribution is 7.13.